The van der Waals surface area contributed by atoms with Crippen LogP contribution in [-0.2, 0) is 0 Å². The van der Waals surface area contributed by atoms with Crippen molar-refractivity contribution in [3.8, 4) is 17.6 Å². The number of hydrogen-bond donors (Lipinski definition) is 0. The SMILES string of the molecule is COc1ccc(N(C)C(C)(C)C#N)c(OC)c1. The molecule has 17 heavy (non-hydrogen) atoms. The van der Waals surface area contributed by atoms with Crippen LogP contribution in [-0.4, -0.2) is 26.8 Å². The van der Waals surface area contributed by atoms with Gasteiger partial charge in [0.2, 0.25) is 0 Å². The maximum atomic E-state index is 9.13. The van der Waals surface area contributed by atoms with Gasteiger partial charge in [0, 0.05) is 13.1 Å². The lowest BCUT2D eigenvalue weighted by atomic mass is 10.0. The summed E-state index contributed by atoms with van der Waals surface area (Å²) in [5.74, 6) is 1.42. The summed E-state index contributed by atoms with van der Waals surface area (Å²) < 4.78 is 10.5. The summed E-state index contributed by atoms with van der Waals surface area (Å²) in [6.45, 7) is 3.72. The normalized spacial score (nSPS) is 10.6. The molecule has 0 aliphatic carbocycles. The summed E-state index contributed by atoms with van der Waals surface area (Å²) in [4.78, 5) is 1.88. The molecular weight excluding hydrogens is 216 g/mol. The summed E-state index contributed by atoms with van der Waals surface area (Å²) >= 11 is 0. The first-order chi connectivity index (χ1) is 7.96. The molecular formula is C13H18N2O2. The first-order valence-corrected chi connectivity index (χ1v) is 5.33. The molecule has 4 heteroatoms. The smallest absolute Gasteiger partial charge is 0.145 e. The molecule has 0 unspecified atom stereocenters. The van der Waals surface area contributed by atoms with Gasteiger partial charge in [0.15, 0.2) is 0 Å². The zero-order valence-corrected chi connectivity index (χ0v) is 10.9. The van der Waals surface area contributed by atoms with Gasteiger partial charge >= 0.3 is 0 Å². The van der Waals surface area contributed by atoms with Crippen molar-refractivity contribution in [1.29, 1.82) is 5.26 Å². The van der Waals surface area contributed by atoms with E-state index in [1.165, 1.54) is 0 Å². The lowest BCUT2D eigenvalue weighted by Gasteiger charge is -2.32. The number of anilines is 1. The molecule has 0 saturated heterocycles. The Balaban J connectivity index is 3.19. The van der Waals surface area contributed by atoms with Crippen molar-refractivity contribution in [3.05, 3.63) is 18.2 Å². The van der Waals surface area contributed by atoms with E-state index in [2.05, 4.69) is 6.07 Å². The van der Waals surface area contributed by atoms with Crippen molar-refractivity contribution in [2.24, 2.45) is 0 Å². The minimum Gasteiger partial charge on any atom is -0.497 e. The van der Waals surface area contributed by atoms with Gasteiger partial charge in [0.05, 0.1) is 26.0 Å². The maximum Gasteiger partial charge on any atom is 0.145 e. The monoisotopic (exact) mass is 234 g/mol. The van der Waals surface area contributed by atoms with E-state index in [0.717, 1.165) is 11.4 Å². The Kier molecular flexibility index (Phi) is 3.84. The largest absolute Gasteiger partial charge is 0.497 e. The van der Waals surface area contributed by atoms with Crippen molar-refractivity contribution in [2.45, 2.75) is 19.4 Å². The standard InChI is InChI=1S/C13H18N2O2/c1-13(2,9-14)15(3)11-7-6-10(16-4)8-12(11)17-5/h6-8H,1-5H3. The highest BCUT2D eigenvalue weighted by molar-refractivity contribution is 5.62. The highest BCUT2D eigenvalue weighted by atomic mass is 16.5. The van der Waals surface area contributed by atoms with E-state index < -0.39 is 5.54 Å². The van der Waals surface area contributed by atoms with Crippen LogP contribution in [0.5, 0.6) is 11.5 Å². The first kappa shape index (κ1) is 13.2. The van der Waals surface area contributed by atoms with E-state index in [1.807, 2.05) is 37.9 Å². The van der Waals surface area contributed by atoms with E-state index in [-0.39, 0.29) is 0 Å². The molecule has 0 spiro atoms. The van der Waals surface area contributed by atoms with Gasteiger partial charge in [-0.2, -0.15) is 5.26 Å². The van der Waals surface area contributed by atoms with Gasteiger partial charge in [-0.1, -0.05) is 0 Å². The zero-order valence-electron chi connectivity index (χ0n) is 10.9. The second-order valence-corrected chi connectivity index (χ2v) is 4.27. The number of methoxy groups -OCH3 is 2. The molecule has 0 radical (unpaired) electrons. The molecule has 0 fully saturated rings. The summed E-state index contributed by atoms with van der Waals surface area (Å²) in [6, 6.07) is 7.80. The highest BCUT2D eigenvalue weighted by Crippen LogP contribution is 2.34. The molecule has 0 bridgehead atoms. The van der Waals surface area contributed by atoms with Crippen LogP contribution >= 0.6 is 0 Å². The molecule has 92 valence electrons. The Morgan fingerprint density at radius 3 is 2.35 bits per heavy atom. The lowest BCUT2D eigenvalue weighted by Crippen LogP contribution is -2.39. The van der Waals surface area contributed by atoms with Crippen LogP contribution < -0.4 is 14.4 Å². The Bertz CT molecular complexity index is 436. The quantitative estimate of drug-likeness (QED) is 0.802. The average Bonchev–Trinajstić information content (AvgIpc) is 2.36. The average molecular weight is 234 g/mol. The Morgan fingerprint density at radius 1 is 1.24 bits per heavy atom. The topological polar surface area (TPSA) is 45.5 Å². The van der Waals surface area contributed by atoms with Crippen LogP contribution in [0.15, 0.2) is 18.2 Å². The molecule has 1 aromatic carbocycles. The number of benzene rings is 1. The van der Waals surface area contributed by atoms with Crippen LogP contribution in [0.3, 0.4) is 0 Å². The Morgan fingerprint density at radius 2 is 1.88 bits per heavy atom. The second kappa shape index (κ2) is 4.96. The third-order valence-corrected chi connectivity index (χ3v) is 2.86. The number of nitriles is 1. The molecule has 0 aliphatic heterocycles. The molecule has 1 aromatic rings. The molecule has 0 amide bonds. The second-order valence-electron chi connectivity index (χ2n) is 4.27. The Labute approximate surface area is 102 Å². The van der Waals surface area contributed by atoms with Gasteiger partial charge < -0.3 is 14.4 Å². The third kappa shape index (κ3) is 2.62. The molecule has 0 heterocycles. The van der Waals surface area contributed by atoms with Crippen LogP contribution in [0, 0.1) is 11.3 Å². The van der Waals surface area contributed by atoms with Crippen LogP contribution in [0.2, 0.25) is 0 Å². The minimum absolute atomic E-state index is 0.595. The lowest BCUT2D eigenvalue weighted by molar-refractivity contribution is 0.393. The molecule has 1 rings (SSSR count). The van der Waals surface area contributed by atoms with Crippen molar-refractivity contribution < 1.29 is 9.47 Å². The number of nitrogens with zero attached hydrogens (tertiary/aromatic N) is 2. The first-order valence-electron chi connectivity index (χ1n) is 5.33. The molecule has 0 atom stereocenters. The summed E-state index contributed by atoms with van der Waals surface area (Å²) in [6.07, 6.45) is 0. The zero-order chi connectivity index (χ0) is 13.1. The molecule has 0 N–H and O–H groups in total. The van der Waals surface area contributed by atoms with Gasteiger partial charge in [-0.05, 0) is 26.0 Å². The molecule has 4 nitrogen and oxygen atoms in total. The summed E-state index contributed by atoms with van der Waals surface area (Å²) in [7, 11) is 5.08. The number of ether oxygens (including phenoxy) is 2. The number of hydrogen-bond acceptors (Lipinski definition) is 4. The van der Waals surface area contributed by atoms with Gasteiger partial charge in [-0.3, -0.25) is 0 Å². The fourth-order valence-corrected chi connectivity index (χ4v) is 1.44. The van der Waals surface area contributed by atoms with Crippen molar-refractivity contribution in [1.82, 2.24) is 0 Å². The fourth-order valence-electron chi connectivity index (χ4n) is 1.44. The predicted octanol–water partition coefficient (Wildman–Crippen LogP) is 2.44. The summed E-state index contributed by atoms with van der Waals surface area (Å²) in [5.41, 5.74) is 0.266. The van der Waals surface area contributed by atoms with E-state index in [0.29, 0.717) is 5.75 Å². The van der Waals surface area contributed by atoms with Gasteiger partial charge in [-0.25, -0.2) is 0 Å². The van der Waals surface area contributed by atoms with Crippen LogP contribution in [0.4, 0.5) is 5.69 Å². The van der Waals surface area contributed by atoms with E-state index in [9.17, 15) is 0 Å². The van der Waals surface area contributed by atoms with E-state index in [1.54, 1.807) is 20.3 Å². The van der Waals surface area contributed by atoms with Gasteiger partial charge in [0.1, 0.15) is 17.0 Å². The van der Waals surface area contributed by atoms with Crippen LogP contribution in [0.1, 0.15) is 13.8 Å². The van der Waals surface area contributed by atoms with Gasteiger partial charge in [-0.15, -0.1) is 0 Å². The van der Waals surface area contributed by atoms with E-state index >= 15 is 0 Å². The van der Waals surface area contributed by atoms with Gasteiger partial charge in [0.25, 0.3) is 0 Å². The maximum absolute atomic E-state index is 9.13. The van der Waals surface area contributed by atoms with Crippen LogP contribution in [0.25, 0.3) is 0 Å². The molecule has 0 aliphatic rings. The third-order valence-electron chi connectivity index (χ3n) is 2.86. The number of rotatable bonds is 4. The summed E-state index contributed by atoms with van der Waals surface area (Å²) in [5, 5.41) is 9.13. The van der Waals surface area contributed by atoms with E-state index in [4.69, 9.17) is 14.7 Å². The highest BCUT2D eigenvalue weighted by Gasteiger charge is 2.25. The van der Waals surface area contributed by atoms with Crippen molar-refractivity contribution >= 4 is 5.69 Å². The molecule has 0 saturated carbocycles. The minimum atomic E-state index is -0.595. The Hall–Kier alpha value is -1.89. The fraction of sp³-hybridized carbons (Fsp3) is 0.462. The van der Waals surface area contributed by atoms with Crippen molar-refractivity contribution in [3.63, 3.8) is 0 Å². The molecule has 0 aromatic heterocycles. The predicted molar refractivity (Wildman–Crippen MR) is 67.6 cm³/mol. The van der Waals surface area contributed by atoms with Crippen molar-refractivity contribution in [2.75, 3.05) is 26.2 Å².